The lowest BCUT2D eigenvalue weighted by Crippen LogP contribution is -2.48. The van der Waals surface area contributed by atoms with E-state index in [2.05, 4.69) is 29.2 Å². The van der Waals surface area contributed by atoms with Crippen LogP contribution in [-0.4, -0.2) is 55.2 Å². The number of carbonyl (C=O) groups is 1. The highest BCUT2D eigenvalue weighted by atomic mass is 16.7. The Kier molecular flexibility index (Phi) is 5.73. The van der Waals surface area contributed by atoms with Gasteiger partial charge in [0.05, 0.1) is 0 Å². The number of carbonyl (C=O) groups excluding carboxylic acids is 1. The van der Waals surface area contributed by atoms with Gasteiger partial charge in [-0.3, -0.25) is 9.69 Å². The Labute approximate surface area is 165 Å². The summed E-state index contributed by atoms with van der Waals surface area (Å²) in [5.74, 6) is 1.53. The van der Waals surface area contributed by atoms with E-state index in [1.54, 1.807) is 6.08 Å². The molecule has 2 heterocycles. The Hall–Kier alpha value is -3.05. The first-order valence-corrected chi connectivity index (χ1v) is 9.58. The number of piperazine rings is 1. The van der Waals surface area contributed by atoms with Crippen molar-refractivity contribution in [2.45, 2.75) is 0 Å². The molecule has 2 aromatic rings. The zero-order valence-electron chi connectivity index (χ0n) is 15.8. The van der Waals surface area contributed by atoms with E-state index >= 15 is 0 Å². The molecule has 0 bridgehead atoms. The third kappa shape index (κ3) is 4.61. The van der Waals surface area contributed by atoms with Crippen molar-refractivity contribution >= 4 is 18.1 Å². The van der Waals surface area contributed by atoms with Gasteiger partial charge in [-0.05, 0) is 29.3 Å². The van der Waals surface area contributed by atoms with Gasteiger partial charge in [-0.25, -0.2) is 0 Å². The van der Waals surface area contributed by atoms with Crippen LogP contribution < -0.4 is 9.47 Å². The Balaban J connectivity index is 1.24. The fourth-order valence-corrected chi connectivity index (χ4v) is 3.34. The maximum absolute atomic E-state index is 12.5. The van der Waals surface area contributed by atoms with Crippen LogP contribution in [0.1, 0.15) is 11.1 Å². The Morgan fingerprint density at radius 2 is 1.68 bits per heavy atom. The highest BCUT2D eigenvalue weighted by Crippen LogP contribution is 2.32. The number of rotatable bonds is 5. The van der Waals surface area contributed by atoms with Crippen molar-refractivity contribution in [3.05, 3.63) is 71.8 Å². The van der Waals surface area contributed by atoms with Gasteiger partial charge in [-0.15, -0.1) is 0 Å². The third-order valence-corrected chi connectivity index (χ3v) is 4.97. The maximum Gasteiger partial charge on any atom is 0.246 e. The minimum Gasteiger partial charge on any atom is -0.454 e. The summed E-state index contributed by atoms with van der Waals surface area (Å²) in [7, 11) is 0. The van der Waals surface area contributed by atoms with Crippen LogP contribution in [0.3, 0.4) is 0 Å². The summed E-state index contributed by atoms with van der Waals surface area (Å²) in [5, 5.41) is 0. The van der Waals surface area contributed by atoms with E-state index in [-0.39, 0.29) is 12.7 Å². The molecule has 0 radical (unpaired) electrons. The van der Waals surface area contributed by atoms with Crippen LogP contribution in [0.25, 0.3) is 12.2 Å². The van der Waals surface area contributed by atoms with Gasteiger partial charge >= 0.3 is 0 Å². The Bertz CT molecular complexity index is 869. The molecular weight excluding hydrogens is 352 g/mol. The number of nitrogens with zero attached hydrogens (tertiary/aromatic N) is 2. The molecule has 4 rings (SSSR count). The number of amides is 1. The standard InChI is InChI=1S/C23H24N2O3/c26-23(11-9-20-8-10-21-22(17-20)28-18-27-21)25-15-13-24(14-16-25)12-4-7-19-5-2-1-3-6-19/h1-11,17H,12-16,18H2/b7-4+,11-9+. The third-order valence-electron chi connectivity index (χ3n) is 4.97. The molecule has 1 amide bonds. The molecular formula is C23H24N2O3. The summed E-state index contributed by atoms with van der Waals surface area (Å²) in [4.78, 5) is 16.7. The summed E-state index contributed by atoms with van der Waals surface area (Å²) >= 11 is 0. The first kappa shape index (κ1) is 18.3. The van der Waals surface area contributed by atoms with Crippen LogP contribution >= 0.6 is 0 Å². The lowest BCUT2D eigenvalue weighted by Gasteiger charge is -2.33. The first-order chi connectivity index (χ1) is 13.8. The van der Waals surface area contributed by atoms with E-state index in [4.69, 9.17) is 9.47 Å². The fourth-order valence-electron chi connectivity index (χ4n) is 3.34. The number of benzene rings is 2. The average Bonchev–Trinajstić information content (AvgIpc) is 3.21. The summed E-state index contributed by atoms with van der Waals surface area (Å²) in [6.45, 7) is 4.45. The smallest absolute Gasteiger partial charge is 0.246 e. The second-order valence-electron chi connectivity index (χ2n) is 6.88. The molecule has 2 aliphatic rings. The molecule has 0 saturated carbocycles. The van der Waals surface area contributed by atoms with Crippen molar-refractivity contribution in [2.75, 3.05) is 39.5 Å². The first-order valence-electron chi connectivity index (χ1n) is 9.58. The molecule has 28 heavy (non-hydrogen) atoms. The van der Waals surface area contributed by atoms with Gasteiger partial charge in [0.1, 0.15) is 0 Å². The predicted molar refractivity (Wildman–Crippen MR) is 110 cm³/mol. The van der Waals surface area contributed by atoms with Crippen molar-refractivity contribution in [3.8, 4) is 11.5 Å². The molecule has 0 unspecified atom stereocenters. The quantitative estimate of drug-likeness (QED) is 0.751. The van der Waals surface area contributed by atoms with Gasteiger partial charge in [0.25, 0.3) is 0 Å². The molecule has 0 aromatic heterocycles. The topological polar surface area (TPSA) is 42.0 Å². The largest absolute Gasteiger partial charge is 0.454 e. The van der Waals surface area contributed by atoms with Gasteiger partial charge < -0.3 is 14.4 Å². The number of fused-ring (bicyclic) bond motifs is 1. The van der Waals surface area contributed by atoms with Crippen molar-refractivity contribution in [1.29, 1.82) is 0 Å². The summed E-state index contributed by atoms with van der Waals surface area (Å²) in [6, 6.07) is 16.0. The molecule has 5 heteroatoms. The lowest BCUT2D eigenvalue weighted by molar-refractivity contribution is -0.127. The van der Waals surface area contributed by atoms with Gasteiger partial charge in [-0.2, -0.15) is 0 Å². The fraction of sp³-hybridized carbons (Fsp3) is 0.261. The van der Waals surface area contributed by atoms with Crippen LogP contribution in [0.2, 0.25) is 0 Å². The van der Waals surface area contributed by atoms with Gasteiger partial charge in [0, 0.05) is 38.8 Å². The van der Waals surface area contributed by atoms with E-state index in [0.717, 1.165) is 49.8 Å². The van der Waals surface area contributed by atoms with Gasteiger partial charge in [0.2, 0.25) is 12.7 Å². The molecule has 144 valence electrons. The molecule has 0 N–H and O–H groups in total. The molecule has 2 aromatic carbocycles. The van der Waals surface area contributed by atoms with E-state index in [1.807, 2.05) is 47.4 Å². The summed E-state index contributed by atoms with van der Waals surface area (Å²) < 4.78 is 10.7. The second-order valence-corrected chi connectivity index (χ2v) is 6.88. The highest BCUT2D eigenvalue weighted by Gasteiger charge is 2.19. The second kappa shape index (κ2) is 8.76. The molecule has 1 fully saturated rings. The summed E-state index contributed by atoms with van der Waals surface area (Å²) in [5.41, 5.74) is 2.15. The summed E-state index contributed by atoms with van der Waals surface area (Å²) in [6.07, 6.45) is 7.81. The lowest BCUT2D eigenvalue weighted by atomic mass is 10.2. The number of ether oxygens (including phenoxy) is 2. The number of hydrogen-bond acceptors (Lipinski definition) is 4. The zero-order valence-corrected chi connectivity index (χ0v) is 15.8. The van der Waals surface area contributed by atoms with Crippen molar-refractivity contribution < 1.29 is 14.3 Å². The van der Waals surface area contributed by atoms with Crippen LogP contribution in [0.5, 0.6) is 11.5 Å². The van der Waals surface area contributed by atoms with Crippen molar-refractivity contribution in [1.82, 2.24) is 9.80 Å². The molecule has 0 aliphatic carbocycles. The zero-order chi connectivity index (χ0) is 19.2. The molecule has 0 spiro atoms. The van der Waals surface area contributed by atoms with Crippen LogP contribution in [0.4, 0.5) is 0 Å². The molecule has 5 nitrogen and oxygen atoms in total. The maximum atomic E-state index is 12.5. The van der Waals surface area contributed by atoms with Gasteiger partial charge in [0.15, 0.2) is 11.5 Å². The normalized spacial score (nSPS) is 16.9. The highest BCUT2D eigenvalue weighted by molar-refractivity contribution is 5.92. The van der Waals surface area contributed by atoms with E-state index < -0.39 is 0 Å². The van der Waals surface area contributed by atoms with Crippen LogP contribution in [-0.2, 0) is 4.79 Å². The monoisotopic (exact) mass is 376 g/mol. The Morgan fingerprint density at radius 1 is 0.893 bits per heavy atom. The minimum absolute atomic E-state index is 0.0529. The van der Waals surface area contributed by atoms with E-state index in [1.165, 1.54) is 5.56 Å². The predicted octanol–water partition coefficient (Wildman–Crippen LogP) is 3.29. The SMILES string of the molecule is O=C(/C=C/c1ccc2c(c1)OCO2)N1CCN(C/C=C/c2ccccc2)CC1. The molecule has 1 saturated heterocycles. The van der Waals surface area contributed by atoms with Crippen molar-refractivity contribution in [2.24, 2.45) is 0 Å². The molecule has 0 atom stereocenters. The average molecular weight is 376 g/mol. The minimum atomic E-state index is 0.0529. The van der Waals surface area contributed by atoms with Crippen molar-refractivity contribution in [3.63, 3.8) is 0 Å². The van der Waals surface area contributed by atoms with Gasteiger partial charge in [-0.1, -0.05) is 48.6 Å². The van der Waals surface area contributed by atoms with E-state index in [0.29, 0.717) is 0 Å². The molecule has 2 aliphatic heterocycles. The Morgan fingerprint density at radius 3 is 2.50 bits per heavy atom. The number of hydrogen-bond donors (Lipinski definition) is 0. The van der Waals surface area contributed by atoms with E-state index in [9.17, 15) is 4.79 Å². The van der Waals surface area contributed by atoms with Crippen LogP contribution in [0.15, 0.2) is 60.7 Å². The van der Waals surface area contributed by atoms with Crippen LogP contribution in [0, 0.1) is 0 Å².